The molecule has 2 atom stereocenters. The summed E-state index contributed by atoms with van der Waals surface area (Å²) < 4.78 is 1.69. The Morgan fingerprint density at radius 3 is 2.75 bits per heavy atom. The number of aliphatic hydroxyl groups excluding tert-OH is 2. The van der Waals surface area contributed by atoms with E-state index in [0.717, 1.165) is 30.5 Å². The van der Waals surface area contributed by atoms with Gasteiger partial charge in [0.2, 0.25) is 0 Å². The average Bonchev–Trinajstić information content (AvgIpc) is 3.20. The van der Waals surface area contributed by atoms with E-state index in [9.17, 15) is 9.90 Å². The Morgan fingerprint density at radius 1 is 1.29 bits per heavy atom. The lowest BCUT2D eigenvalue weighted by Gasteiger charge is -2.15. The molecule has 6 nitrogen and oxygen atoms in total. The number of carbonyl (C=O) groups excluding carboxylic acids is 1. The first-order chi connectivity index (χ1) is 11.7. The SMILES string of the molecule is O=C(N[C@@H]1CCC[C@H]1O)c1nn(-c2ccccc2)cc1CCCO. The quantitative estimate of drug-likeness (QED) is 0.748. The van der Waals surface area contributed by atoms with Crippen LogP contribution in [0.2, 0.25) is 0 Å². The van der Waals surface area contributed by atoms with Gasteiger partial charge in [0.05, 0.1) is 17.8 Å². The number of carbonyl (C=O) groups is 1. The first-order valence-corrected chi connectivity index (χ1v) is 8.43. The van der Waals surface area contributed by atoms with E-state index in [-0.39, 0.29) is 18.6 Å². The largest absolute Gasteiger partial charge is 0.396 e. The minimum absolute atomic E-state index is 0.0684. The monoisotopic (exact) mass is 329 g/mol. The van der Waals surface area contributed by atoms with Gasteiger partial charge in [0.1, 0.15) is 0 Å². The molecule has 6 heteroatoms. The molecule has 0 saturated heterocycles. The second kappa shape index (κ2) is 7.59. The summed E-state index contributed by atoms with van der Waals surface area (Å²) in [4.78, 5) is 12.6. The van der Waals surface area contributed by atoms with Crippen LogP contribution in [-0.4, -0.2) is 44.7 Å². The summed E-state index contributed by atoms with van der Waals surface area (Å²) in [7, 11) is 0. The van der Waals surface area contributed by atoms with Crippen LogP contribution in [0.3, 0.4) is 0 Å². The molecule has 0 radical (unpaired) electrons. The topological polar surface area (TPSA) is 87.4 Å². The van der Waals surface area contributed by atoms with Crippen LogP contribution in [0.1, 0.15) is 41.7 Å². The lowest BCUT2D eigenvalue weighted by Crippen LogP contribution is -2.40. The number of aliphatic hydroxyl groups is 2. The molecule has 0 unspecified atom stereocenters. The van der Waals surface area contributed by atoms with Gasteiger partial charge in [0.15, 0.2) is 5.69 Å². The van der Waals surface area contributed by atoms with Gasteiger partial charge in [-0.05, 0) is 44.2 Å². The third-order valence-corrected chi connectivity index (χ3v) is 4.43. The highest BCUT2D eigenvalue weighted by Crippen LogP contribution is 2.20. The van der Waals surface area contributed by atoms with Crippen LogP contribution in [0.25, 0.3) is 5.69 Å². The van der Waals surface area contributed by atoms with Crippen LogP contribution in [0.4, 0.5) is 0 Å². The van der Waals surface area contributed by atoms with Crippen LogP contribution >= 0.6 is 0 Å². The van der Waals surface area contributed by atoms with Gasteiger partial charge in [0.25, 0.3) is 5.91 Å². The molecule has 1 aromatic heterocycles. The first kappa shape index (κ1) is 16.7. The predicted molar refractivity (Wildman–Crippen MR) is 90.1 cm³/mol. The number of rotatable bonds is 6. The number of para-hydroxylation sites is 1. The molecule has 24 heavy (non-hydrogen) atoms. The van der Waals surface area contributed by atoms with Crippen LogP contribution in [-0.2, 0) is 6.42 Å². The number of amides is 1. The maximum Gasteiger partial charge on any atom is 0.272 e. The van der Waals surface area contributed by atoms with Gasteiger partial charge < -0.3 is 15.5 Å². The highest BCUT2D eigenvalue weighted by molar-refractivity contribution is 5.94. The Kier molecular flexibility index (Phi) is 5.27. The lowest BCUT2D eigenvalue weighted by molar-refractivity contribution is 0.0867. The van der Waals surface area contributed by atoms with Crippen molar-refractivity contribution in [3.05, 3.63) is 47.8 Å². The number of nitrogens with one attached hydrogen (secondary N) is 1. The van der Waals surface area contributed by atoms with Crippen molar-refractivity contribution in [3.8, 4) is 5.69 Å². The fourth-order valence-electron chi connectivity index (χ4n) is 3.11. The number of benzene rings is 1. The highest BCUT2D eigenvalue weighted by atomic mass is 16.3. The predicted octanol–water partition coefficient (Wildman–Crippen LogP) is 1.44. The summed E-state index contributed by atoms with van der Waals surface area (Å²) in [5, 5.41) is 26.3. The molecule has 1 amide bonds. The molecule has 0 aliphatic heterocycles. The zero-order chi connectivity index (χ0) is 16.9. The van der Waals surface area contributed by atoms with Crippen LogP contribution in [0, 0.1) is 0 Å². The second-order valence-electron chi connectivity index (χ2n) is 6.19. The van der Waals surface area contributed by atoms with Crippen molar-refractivity contribution >= 4 is 5.91 Å². The standard InChI is InChI=1S/C18H23N3O3/c22-11-5-6-13-12-21(14-7-2-1-3-8-14)20-17(13)18(24)19-15-9-4-10-16(15)23/h1-3,7-8,12,15-16,22-23H,4-6,9-11H2,(H,19,24)/t15-,16-/m1/s1. The molecule has 128 valence electrons. The fourth-order valence-corrected chi connectivity index (χ4v) is 3.11. The third-order valence-electron chi connectivity index (χ3n) is 4.43. The first-order valence-electron chi connectivity index (χ1n) is 8.43. The maximum absolute atomic E-state index is 12.6. The lowest BCUT2D eigenvalue weighted by atomic mass is 10.1. The van der Waals surface area contributed by atoms with Gasteiger partial charge in [-0.1, -0.05) is 18.2 Å². The molecule has 1 fully saturated rings. The normalized spacial score (nSPS) is 20.2. The van der Waals surface area contributed by atoms with Crippen molar-refractivity contribution in [1.82, 2.24) is 15.1 Å². The van der Waals surface area contributed by atoms with Gasteiger partial charge in [-0.15, -0.1) is 0 Å². The van der Waals surface area contributed by atoms with E-state index in [0.29, 0.717) is 18.5 Å². The zero-order valence-corrected chi connectivity index (χ0v) is 13.6. The minimum Gasteiger partial charge on any atom is -0.396 e. The molecule has 2 aromatic rings. The van der Waals surface area contributed by atoms with E-state index in [2.05, 4.69) is 10.4 Å². The van der Waals surface area contributed by atoms with Gasteiger partial charge >= 0.3 is 0 Å². The van der Waals surface area contributed by atoms with Gasteiger partial charge in [0, 0.05) is 18.4 Å². The van der Waals surface area contributed by atoms with Crippen molar-refractivity contribution in [3.63, 3.8) is 0 Å². The maximum atomic E-state index is 12.6. The average molecular weight is 329 g/mol. The number of aryl methyl sites for hydroxylation is 1. The second-order valence-corrected chi connectivity index (χ2v) is 6.19. The minimum atomic E-state index is -0.481. The zero-order valence-electron chi connectivity index (χ0n) is 13.6. The Morgan fingerprint density at radius 2 is 2.08 bits per heavy atom. The Hall–Kier alpha value is -2.18. The fraction of sp³-hybridized carbons (Fsp3) is 0.444. The van der Waals surface area contributed by atoms with E-state index in [1.54, 1.807) is 4.68 Å². The number of hydrogen-bond donors (Lipinski definition) is 3. The Bertz CT molecular complexity index is 684. The van der Waals surface area contributed by atoms with E-state index in [1.807, 2.05) is 36.5 Å². The molecule has 1 aliphatic rings. The summed E-state index contributed by atoms with van der Waals surface area (Å²) in [6.45, 7) is 0.0684. The number of hydrogen-bond acceptors (Lipinski definition) is 4. The number of aromatic nitrogens is 2. The molecule has 0 bridgehead atoms. The van der Waals surface area contributed by atoms with Crippen molar-refractivity contribution in [2.24, 2.45) is 0 Å². The van der Waals surface area contributed by atoms with E-state index in [4.69, 9.17) is 5.11 Å². The van der Waals surface area contributed by atoms with E-state index in [1.165, 1.54) is 0 Å². The summed E-state index contributed by atoms with van der Waals surface area (Å²) in [6, 6.07) is 9.40. The summed E-state index contributed by atoms with van der Waals surface area (Å²) in [5.74, 6) is -0.261. The Balaban J connectivity index is 1.84. The van der Waals surface area contributed by atoms with Crippen molar-refractivity contribution < 1.29 is 15.0 Å². The van der Waals surface area contributed by atoms with Gasteiger partial charge in [-0.3, -0.25) is 4.79 Å². The summed E-state index contributed by atoms with van der Waals surface area (Å²) in [6.07, 6.45) is 4.95. The third kappa shape index (κ3) is 3.66. The number of nitrogens with zero attached hydrogens (tertiary/aromatic N) is 2. The van der Waals surface area contributed by atoms with Crippen LogP contribution < -0.4 is 5.32 Å². The highest BCUT2D eigenvalue weighted by Gasteiger charge is 2.28. The molecule has 3 rings (SSSR count). The van der Waals surface area contributed by atoms with Crippen molar-refractivity contribution in [2.45, 2.75) is 44.2 Å². The Labute approximate surface area is 141 Å². The van der Waals surface area contributed by atoms with Crippen LogP contribution in [0.5, 0.6) is 0 Å². The molecule has 0 spiro atoms. The molecule has 1 aliphatic carbocycles. The van der Waals surface area contributed by atoms with Gasteiger partial charge in [-0.2, -0.15) is 5.10 Å². The molecule has 1 aromatic carbocycles. The van der Waals surface area contributed by atoms with Crippen molar-refractivity contribution in [1.29, 1.82) is 0 Å². The molecular formula is C18H23N3O3. The van der Waals surface area contributed by atoms with Crippen molar-refractivity contribution in [2.75, 3.05) is 6.61 Å². The molecular weight excluding hydrogens is 306 g/mol. The molecule has 3 N–H and O–H groups in total. The van der Waals surface area contributed by atoms with Gasteiger partial charge in [-0.25, -0.2) is 4.68 Å². The smallest absolute Gasteiger partial charge is 0.272 e. The van der Waals surface area contributed by atoms with Crippen LogP contribution in [0.15, 0.2) is 36.5 Å². The summed E-state index contributed by atoms with van der Waals surface area (Å²) in [5.41, 5.74) is 2.05. The molecule has 1 heterocycles. The van der Waals surface area contributed by atoms with E-state index >= 15 is 0 Å². The molecule has 1 saturated carbocycles. The van der Waals surface area contributed by atoms with E-state index < -0.39 is 6.10 Å². The summed E-state index contributed by atoms with van der Waals surface area (Å²) >= 11 is 0.